The van der Waals surface area contributed by atoms with Gasteiger partial charge in [-0.05, 0) is 54.6 Å². The lowest BCUT2D eigenvalue weighted by Gasteiger charge is -2.24. The number of rotatable bonds is 6. The number of nitrogens with zero attached hydrogens (tertiary/aromatic N) is 2. The van der Waals surface area contributed by atoms with E-state index in [9.17, 15) is 9.59 Å². The molecule has 8 heteroatoms. The molecule has 1 aliphatic heterocycles. The van der Waals surface area contributed by atoms with Gasteiger partial charge in [-0.25, -0.2) is 9.79 Å². The van der Waals surface area contributed by atoms with Gasteiger partial charge in [0.1, 0.15) is 6.61 Å². The highest BCUT2D eigenvalue weighted by atomic mass is 35.5. The average Bonchev–Trinajstić information content (AvgIpc) is 3.12. The van der Waals surface area contributed by atoms with Crippen LogP contribution in [0.4, 0.5) is 0 Å². The van der Waals surface area contributed by atoms with Crippen LogP contribution in [-0.4, -0.2) is 23.4 Å². The van der Waals surface area contributed by atoms with Crippen molar-refractivity contribution in [3.05, 3.63) is 108 Å². The van der Waals surface area contributed by atoms with Gasteiger partial charge in [0.15, 0.2) is 4.80 Å². The number of halogens is 1. The molecule has 168 valence electrons. The first kappa shape index (κ1) is 23.3. The molecule has 1 aromatic heterocycles. The maximum atomic E-state index is 13.5. The van der Waals surface area contributed by atoms with E-state index in [2.05, 4.69) is 11.6 Å². The number of allylic oxidation sites excluding steroid dienone is 1. The minimum Gasteiger partial charge on any atom is -0.458 e. The smallest absolute Gasteiger partial charge is 0.338 e. The van der Waals surface area contributed by atoms with Crippen molar-refractivity contribution in [1.82, 2.24) is 4.57 Å². The minimum absolute atomic E-state index is 0.0781. The van der Waals surface area contributed by atoms with E-state index in [-0.39, 0.29) is 12.2 Å². The van der Waals surface area contributed by atoms with E-state index in [1.165, 1.54) is 17.4 Å². The summed E-state index contributed by atoms with van der Waals surface area (Å²) < 4.78 is 7.46. The van der Waals surface area contributed by atoms with Crippen molar-refractivity contribution >= 4 is 46.7 Å². The quantitative estimate of drug-likeness (QED) is 0.289. The van der Waals surface area contributed by atoms with Gasteiger partial charge < -0.3 is 4.74 Å². The maximum absolute atomic E-state index is 13.5. The molecule has 0 radical (unpaired) electrons. The van der Waals surface area contributed by atoms with Gasteiger partial charge in [-0.2, -0.15) is 0 Å². The Morgan fingerprint density at radius 2 is 1.94 bits per heavy atom. The number of ether oxygens (including phenoxy) is 1. The van der Waals surface area contributed by atoms with Crippen LogP contribution in [0.15, 0.2) is 87.1 Å². The third-order valence-corrected chi connectivity index (χ3v) is 7.15. The van der Waals surface area contributed by atoms with Crippen molar-refractivity contribution in [2.24, 2.45) is 4.99 Å². The zero-order valence-electron chi connectivity index (χ0n) is 18.1. The zero-order chi connectivity index (χ0) is 23.5. The van der Waals surface area contributed by atoms with Crippen molar-refractivity contribution in [3.63, 3.8) is 0 Å². The number of hydrogen-bond donors (Lipinski definition) is 0. The second kappa shape index (κ2) is 9.95. The highest BCUT2D eigenvalue weighted by Gasteiger charge is 2.33. The number of thiazole rings is 1. The van der Waals surface area contributed by atoms with Gasteiger partial charge in [-0.15, -0.1) is 11.8 Å². The predicted octanol–water partition coefficient (Wildman–Crippen LogP) is 4.34. The first-order valence-electron chi connectivity index (χ1n) is 10.1. The summed E-state index contributed by atoms with van der Waals surface area (Å²) >= 11 is 8.90. The molecule has 3 aromatic rings. The lowest BCUT2D eigenvalue weighted by atomic mass is 9.96. The van der Waals surface area contributed by atoms with E-state index < -0.39 is 12.0 Å². The minimum atomic E-state index is -0.637. The fraction of sp³-hybridized carbons (Fsp3) is 0.160. The monoisotopic (exact) mass is 496 g/mol. The van der Waals surface area contributed by atoms with Gasteiger partial charge in [-0.1, -0.05) is 59.9 Å². The molecule has 0 fully saturated rings. The molecule has 5 nitrogen and oxygen atoms in total. The molecule has 33 heavy (non-hydrogen) atoms. The van der Waals surface area contributed by atoms with Crippen molar-refractivity contribution in [2.45, 2.75) is 17.9 Å². The van der Waals surface area contributed by atoms with Crippen LogP contribution >= 0.6 is 34.7 Å². The van der Waals surface area contributed by atoms with Gasteiger partial charge in [0.2, 0.25) is 0 Å². The summed E-state index contributed by atoms with van der Waals surface area (Å²) in [7, 11) is 0. The summed E-state index contributed by atoms with van der Waals surface area (Å²) in [5.74, 6) is -0.512. The van der Waals surface area contributed by atoms with Crippen LogP contribution in [0, 0.1) is 0 Å². The summed E-state index contributed by atoms with van der Waals surface area (Å²) in [6.45, 7) is 5.45. The first-order valence-corrected chi connectivity index (χ1v) is 12.5. The third-order valence-electron chi connectivity index (χ3n) is 5.17. The second-order valence-electron chi connectivity index (χ2n) is 7.29. The number of fused-ring (bicyclic) bond motifs is 1. The molecule has 0 aliphatic carbocycles. The molecule has 2 heterocycles. The highest BCUT2D eigenvalue weighted by molar-refractivity contribution is 7.98. The summed E-state index contributed by atoms with van der Waals surface area (Å²) in [6.07, 6.45) is 5.32. The molecule has 0 saturated heterocycles. The molecular formula is C25H21ClN2O3S2. The molecule has 1 aliphatic rings. The lowest BCUT2D eigenvalue weighted by molar-refractivity contribution is -0.138. The Labute approximate surface area is 204 Å². The molecule has 2 aromatic carbocycles. The van der Waals surface area contributed by atoms with Crippen LogP contribution in [0.1, 0.15) is 24.1 Å². The Bertz CT molecular complexity index is 1420. The Morgan fingerprint density at radius 3 is 2.58 bits per heavy atom. The van der Waals surface area contributed by atoms with E-state index in [1.807, 2.05) is 48.7 Å². The van der Waals surface area contributed by atoms with E-state index in [0.29, 0.717) is 25.6 Å². The Kier molecular flexibility index (Phi) is 7.02. The standard InChI is InChI=1S/C25H21ClN2O3S2/c1-4-13-31-24(30)21-15(2)27-25-28(22(21)17-7-11-19(32-3)12-8-17)23(29)20(33-25)14-16-5-9-18(26)10-6-16/h4-12,14,22H,1,13H2,2-3H3. The summed E-state index contributed by atoms with van der Waals surface area (Å²) in [5.41, 5.74) is 2.33. The molecule has 0 amide bonds. The van der Waals surface area contributed by atoms with Gasteiger partial charge in [-0.3, -0.25) is 9.36 Å². The molecule has 0 bridgehead atoms. The number of carbonyl (C=O) groups is 1. The third kappa shape index (κ3) is 4.76. The zero-order valence-corrected chi connectivity index (χ0v) is 20.5. The van der Waals surface area contributed by atoms with Crippen molar-refractivity contribution in [3.8, 4) is 0 Å². The number of aromatic nitrogens is 1. The maximum Gasteiger partial charge on any atom is 0.338 e. The normalized spacial score (nSPS) is 15.7. The number of hydrogen-bond acceptors (Lipinski definition) is 6. The molecule has 0 N–H and O–H groups in total. The SMILES string of the molecule is C=CCOC(=O)C1=C(C)N=c2sc(=Cc3ccc(Cl)cc3)c(=O)n2C1c1ccc(SC)cc1. The lowest BCUT2D eigenvalue weighted by Crippen LogP contribution is -2.39. The van der Waals surface area contributed by atoms with E-state index in [4.69, 9.17) is 16.3 Å². The predicted molar refractivity (Wildman–Crippen MR) is 135 cm³/mol. The summed E-state index contributed by atoms with van der Waals surface area (Å²) in [4.78, 5) is 32.8. The number of carbonyl (C=O) groups excluding carboxylic acids is 1. The summed E-state index contributed by atoms with van der Waals surface area (Å²) in [5, 5.41) is 0.626. The van der Waals surface area contributed by atoms with Gasteiger partial charge in [0.05, 0.1) is 21.8 Å². The van der Waals surface area contributed by atoms with Gasteiger partial charge in [0.25, 0.3) is 5.56 Å². The Balaban J connectivity index is 1.91. The van der Waals surface area contributed by atoms with Crippen LogP contribution in [-0.2, 0) is 9.53 Å². The molecule has 1 unspecified atom stereocenters. The topological polar surface area (TPSA) is 60.7 Å². The van der Waals surface area contributed by atoms with Crippen LogP contribution in [0.5, 0.6) is 0 Å². The summed E-state index contributed by atoms with van der Waals surface area (Å²) in [6, 6.07) is 14.4. The van der Waals surface area contributed by atoms with Crippen LogP contribution < -0.4 is 14.9 Å². The number of esters is 1. The largest absolute Gasteiger partial charge is 0.458 e. The fourth-order valence-electron chi connectivity index (χ4n) is 3.61. The van der Waals surface area contributed by atoms with E-state index in [0.717, 1.165) is 16.0 Å². The van der Waals surface area contributed by atoms with E-state index >= 15 is 0 Å². The van der Waals surface area contributed by atoms with Crippen LogP contribution in [0.3, 0.4) is 0 Å². The molecule has 0 saturated carbocycles. The molecular weight excluding hydrogens is 476 g/mol. The van der Waals surface area contributed by atoms with Crippen molar-refractivity contribution in [1.29, 1.82) is 0 Å². The van der Waals surface area contributed by atoms with Gasteiger partial charge >= 0.3 is 5.97 Å². The average molecular weight is 497 g/mol. The van der Waals surface area contributed by atoms with Crippen molar-refractivity contribution < 1.29 is 9.53 Å². The van der Waals surface area contributed by atoms with Crippen LogP contribution in [0.2, 0.25) is 5.02 Å². The van der Waals surface area contributed by atoms with E-state index in [1.54, 1.807) is 35.4 Å². The highest BCUT2D eigenvalue weighted by Crippen LogP contribution is 2.31. The Hall–Kier alpha value is -2.87. The fourth-order valence-corrected chi connectivity index (χ4v) is 5.19. The first-order chi connectivity index (χ1) is 15.9. The number of thioether (sulfide) groups is 1. The van der Waals surface area contributed by atoms with Gasteiger partial charge in [0, 0.05) is 9.92 Å². The van der Waals surface area contributed by atoms with Crippen LogP contribution in [0.25, 0.3) is 6.08 Å². The molecule has 0 spiro atoms. The molecule has 4 rings (SSSR count). The Morgan fingerprint density at radius 1 is 1.24 bits per heavy atom. The molecule has 1 atom stereocenters. The van der Waals surface area contributed by atoms with Crippen molar-refractivity contribution in [2.75, 3.05) is 12.9 Å². The second-order valence-corrected chi connectivity index (χ2v) is 9.62. The number of benzene rings is 2.